The van der Waals surface area contributed by atoms with Crippen LogP contribution >= 0.6 is 0 Å². The second-order valence-corrected chi connectivity index (χ2v) is 6.03. The quantitative estimate of drug-likeness (QED) is 0.685. The zero-order chi connectivity index (χ0) is 13.4. The minimum absolute atomic E-state index is 0.340. The number of nitrogens with one attached hydrogen (secondary N) is 1. The van der Waals surface area contributed by atoms with Crippen LogP contribution in [0.1, 0.15) is 52.4 Å². The van der Waals surface area contributed by atoms with Gasteiger partial charge in [-0.2, -0.15) is 5.26 Å². The van der Waals surface area contributed by atoms with Crippen molar-refractivity contribution in [3.05, 3.63) is 0 Å². The van der Waals surface area contributed by atoms with Crippen LogP contribution in [0.3, 0.4) is 0 Å². The molecular formula is C15H29N3. The molecule has 3 nitrogen and oxygen atoms in total. The van der Waals surface area contributed by atoms with Gasteiger partial charge in [0, 0.05) is 6.54 Å². The van der Waals surface area contributed by atoms with Gasteiger partial charge in [-0.15, -0.1) is 0 Å². The Morgan fingerprint density at radius 3 is 2.67 bits per heavy atom. The summed E-state index contributed by atoms with van der Waals surface area (Å²) in [5.74, 6) is 0.940. The predicted octanol–water partition coefficient (Wildman–Crippen LogP) is 2.78. The van der Waals surface area contributed by atoms with Crippen LogP contribution in [0.15, 0.2) is 0 Å². The summed E-state index contributed by atoms with van der Waals surface area (Å²) in [4.78, 5) is 2.43. The van der Waals surface area contributed by atoms with Gasteiger partial charge in [0.1, 0.15) is 5.54 Å². The highest BCUT2D eigenvalue weighted by molar-refractivity contribution is 5.03. The van der Waals surface area contributed by atoms with E-state index in [4.69, 9.17) is 0 Å². The average Bonchev–Trinajstić information content (AvgIpc) is 2.31. The van der Waals surface area contributed by atoms with Crippen LogP contribution in [-0.4, -0.2) is 37.1 Å². The fourth-order valence-electron chi connectivity index (χ4n) is 2.49. The third kappa shape index (κ3) is 5.37. The summed E-state index contributed by atoms with van der Waals surface area (Å²) in [7, 11) is 2.21. The average molecular weight is 251 g/mol. The molecule has 0 amide bonds. The van der Waals surface area contributed by atoms with Gasteiger partial charge in [-0.1, -0.05) is 13.3 Å². The summed E-state index contributed by atoms with van der Waals surface area (Å²) in [6.45, 7) is 7.45. The zero-order valence-corrected chi connectivity index (χ0v) is 12.3. The monoisotopic (exact) mass is 251 g/mol. The Hall–Kier alpha value is -0.590. The molecule has 1 fully saturated rings. The second kappa shape index (κ2) is 7.76. The number of nitriles is 1. The maximum Gasteiger partial charge on any atom is 0.103 e. The molecule has 18 heavy (non-hydrogen) atoms. The summed E-state index contributed by atoms with van der Waals surface area (Å²) in [5.41, 5.74) is -0.340. The van der Waals surface area contributed by atoms with Crippen LogP contribution in [0, 0.1) is 17.2 Å². The molecule has 104 valence electrons. The van der Waals surface area contributed by atoms with Crippen LogP contribution < -0.4 is 5.32 Å². The van der Waals surface area contributed by atoms with E-state index in [1.54, 1.807) is 0 Å². The van der Waals surface area contributed by atoms with Crippen molar-refractivity contribution < 1.29 is 0 Å². The molecule has 1 unspecified atom stereocenters. The van der Waals surface area contributed by atoms with Gasteiger partial charge >= 0.3 is 0 Å². The molecule has 3 heteroatoms. The molecule has 0 aromatic rings. The van der Waals surface area contributed by atoms with Crippen molar-refractivity contribution in [3.63, 3.8) is 0 Å². The maximum absolute atomic E-state index is 9.24. The van der Waals surface area contributed by atoms with Crippen LogP contribution in [0.25, 0.3) is 0 Å². The lowest BCUT2D eigenvalue weighted by molar-refractivity contribution is 0.200. The molecule has 0 heterocycles. The first-order valence-corrected chi connectivity index (χ1v) is 7.44. The topological polar surface area (TPSA) is 39.1 Å². The molecule has 1 aliphatic carbocycles. The largest absolute Gasteiger partial charge is 0.306 e. The molecule has 1 N–H and O–H groups in total. The minimum Gasteiger partial charge on any atom is -0.306 e. The lowest BCUT2D eigenvalue weighted by atomic mass is 9.85. The summed E-state index contributed by atoms with van der Waals surface area (Å²) < 4.78 is 0. The minimum atomic E-state index is -0.340. The molecule has 0 spiro atoms. The second-order valence-electron chi connectivity index (χ2n) is 6.03. The third-order valence-electron chi connectivity index (χ3n) is 4.02. The highest BCUT2D eigenvalue weighted by Gasteiger charge is 2.23. The van der Waals surface area contributed by atoms with Crippen LogP contribution in [0.5, 0.6) is 0 Å². The highest BCUT2D eigenvalue weighted by atomic mass is 15.1. The van der Waals surface area contributed by atoms with Crippen molar-refractivity contribution in [2.45, 2.75) is 57.9 Å². The number of hydrogen-bond acceptors (Lipinski definition) is 3. The lowest BCUT2D eigenvalue weighted by Crippen LogP contribution is -2.42. The number of rotatable bonds is 9. The number of hydrogen-bond donors (Lipinski definition) is 1. The summed E-state index contributed by atoms with van der Waals surface area (Å²) in [6.07, 6.45) is 7.38. The first kappa shape index (κ1) is 15.5. The molecule has 1 rings (SSSR count). The fraction of sp³-hybridized carbons (Fsp3) is 0.933. The lowest BCUT2D eigenvalue weighted by Gasteiger charge is -2.31. The van der Waals surface area contributed by atoms with Gasteiger partial charge in [0.25, 0.3) is 0 Å². The first-order valence-electron chi connectivity index (χ1n) is 7.44. The van der Waals surface area contributed by atoms with Crippen LogP contribution in [-0.2, 0) is 0 Å². The van der Waals surface area contributed by atoms with Gasteiger partial charge in [0.05, 0.1) is 6.07 Å². The van der Waals surface area contributed by atoms with Crippen molar-refractivity contribution in [2.75, 3.05) is 26.7 Å². The van der Waals surface area contributed by atoms with E-state index in [1.165, 1.54) is 25.8 Å². The molecule has 0 saturated heterocycles. The summed E-state index contributed by atoms with van der Waals surface area (Å²) >= 11 is 0. The smallest absolute Gasteiger partial charge is 0.103 e. The van der Waals surface area contributed by atoms with Crippen molar-refractivity contribution in [3.8, 4) is 6.07 Å². The molecular weight excluding hydrogens is 222 g/mol. The Balaban J connectivity index is 2.15. The van der Waals surface area contributed by atoms with E-state index in [0.717, 1.165) is 38.3 Å². The summed E-state index contributed by atoms with van der Waals surface area (Å²) in [5, 5.41) is 12.6. The van der Waals surface area contributed by atoms with Crippen molar-refractivity contribution in [2.24, 2.45) is 5.92 Å². The SMILES string of the molecule is CCCNC(C)(C#N)CCCN(C)CC1CCC1. The van der Waals surface area contributed by atoms with Gasteiger partial charge in [-0.05, 0) is 65.1 Å². The first-order chi connectivity index (χ1) is 8.59. The molecule has 0 radical (unpaired) electrons. The van der Waals surface area contributed by atoms with Crippen molar-refractivity contribution in [1.82, 2.24) is 10.2 Å². The molecule has 0 aliphatic heterocycles. The van der Waals surface area contributed by atoms with Crippen LogP contribution in [0.4, 0.5) is 0 Å². The highest BCUT2D eigenvalue weighted by Crippen LogP contribution is 2.26. The van der Waals surface area contributed by atoms with E-state index in [9.17, 15) is 5.26 Å². The van der Waals surface area contributed by atoms with E-state index >= 15 is 0 Å². The molecule has 0 aromatic heterocycles. The Kier molecular flexibility index (Phi) is 6.67. The van der Waals surface area contributed by atoms with Gasteiger partial charge < -0.3 is 4.90 Å². The molecule has 0 bridgehead atoms. The number of nitrogens with zero attached hydrogens (tertiary/aromatic N) is 2. The molecule has 1 aliphatic rings. The van der Waals surface area contributed by atoms with E-state index in [2.05, 4.69) is 30.3 Å². The zero-order valence-electron chi connectivity index (χ0n) is 12.3. The Morgan fingerprint density at radius 2 is 2.17 bits per heavy atom. The molecule has 0 aromatic carbocycles. The fourth-order valence-corrected chi connectivity index (χ4v) is 2.49. The summed E-state index contributed by atoms with van der Waals surface area (Å²) in [6, 6.07) is 2.42. The van der Waals surface area contributed by atoms with Gasteiger partial charge in [0.15, 0.2) is 0 Å². The molecule has 1 saturated carbocycles. The Bertz CT molecular complexity index is 267. The normalized spacial score (nSPS) is 19.3. The van der Waals surface area contributed by atoms with Crippen LogP contribution in [0.2, 0.25) is 0 Å². The van der Waals surface area contributed by atoms with Crippen molar-refractivity contribution in [1.29, 1.82) is 5.26 Å². The van der Waals surface area contributed by atoms with E-state index in [1.807, 2.05) is 6.92 Å². The van der Waals surface area contributed by atoms with E-state index in [0.29, 0.717) is 0 Å². The Labute approximate surface area is 113 Å². The third-order valence-corrected chi connectivity index (χ3v) is 4.02. The standard InChI is InChI=1S/C15H29N3/c1-4-10-17-15(2,13-16)9-6-11-18(3)12-14-7-5-8-14/h14,17H,4-12H2,1-3H3. The van der Waals surface area contributed by atoms with Crippen molar-refractivity contribution >= 4 is 0 Å². The maximum atomic E-state index is 9.24. The van der Waals surface area contributed by atoms with E-state index < -0.39 is 0 Å². The van der Waals surface area contributed by atoms with E-state index in [-0.39, 0.29) is 5.54 Å². The predicted molar refractivity (Wildman–Crippen MR) is 76.4 cm³/mol. The molecule has 1 atom stereocenters. The van der Waals surface area contributed by atoms with Gasteiger partial charge in [-0.3, -0.25) is 5.32 Å². The Morgan fingerprint density at radius 1 is 1.44 bits per heavy atom. The van der Waals surface area contributed by atoms with Gasteiger partial charge in [0.2, 0.25) is 0 Å². The van der Waals surface area contributed by atoms with Gasteiger partial charge in [-0.25, -0.2) is 0 Å².